The summed E-state index contributed by atoms with van der Waals surface area (Å²) in [5.74, 6) is -5.85. The van der Waals surface area contributed by atoms with Gasteiger partial charge < -0.3 is 39.2 Å². The van der Waals surface area contributed by atoms with Crippen molar-refractivity contribution in [1.82, 2.24) is 5.32 Å². The standard InChI is InChI=1S/C40H51NO13/c1-20(2)17-26(41-22(4)42)30(45)36(48)52-27-18-40(49)34(53-35(47)25-13-11-10-12-14-25)32-38(9,16-15-28-39(32,19-50-28)54-24(6)44)33(46)31(51-23(5)43)29(21(27)3)37(40,7)8/h10-14,17,26-28,30-32,34,45,49H,15-16,18-19H2,1-9H3,(H,41,42)/t26?,27?,28?,30?,31?,32?,34?,38-,39?,40?/m1/s1. The third-order valence-electron chi connectivity index (χ3n) is 11.8. The van der Waals surface area contributed by atoms with E-state index in [-0.39, 0.29) is 36.2 Å². The number of benzene rings is 1. The number of carbonyl (C=O) groups is 6. The van der Waals surface area contributed by atoms with Crippen LogP contribution in [0.1, 0.15) is 91.9 Å². The van der Waals surface area contributed by atoms with Crippen molar-refractivity contribution in [3.63, 3.8) is 0 Å². The van der Waals surface area contributed by atoms with Crippen LogP contribution in [0, 0.1) is 16.7 Å². The van der Waals surface area contributed by atoms with Gasteiger partial charge >= 0.3 is 23.9 Å². The molecule has 2 saturated carbocycles. The lowest BCUT2D eigenvalue weighted by Crippen LogP contribution is -2.79. The first-order valence-corrected chi connectivity index (χ1v) is 18.1. The zero-order valence-electron chi connectivity index (χ0n) is 32.2. The van der Waals surface area contributed by atoms with E-state index in [2.05, 4.69) is 5.32 Å². The summed E-state index contributed by atoms with van der Waals surface area (Å²) in [7, 11) is 0. The van der Waals surface area contributed by atoms with E-state index in [9.17, 15) is 34.2 Å². The molecule has 10 atom stereocenters. The summed E-state index contributed by atoms with van der Waals surface area (Å²) in [4.78, 5) is 80.7. The van der Waals surface area contributed by atoms with Crippen LogP contribution in [0.2, 0.25) is 0 Å². The van der Waals surface area contributed by atoms with Crippen LogP contribution in [-0.2, 0) is 47.7 Å². The van der Waals surface area contributed by atoms with Gasteiger partial charge in [0.2, 0.25) is 5.91 Å². The van der Waals surface area contributed by atoms with Crippen LogP contribution in [0.3, 0.4) is 0 Å². The molecule has 9 unspecified atom stereocenters. The van der Waals surface area contributed by atoms with Gasteiger partial charge in [-0.25, -0.2) is 9.59 Å². The average Bonchev–Trinajstić information content (AvgIpc) is 3.06. The van der Waals surface area contributed by atoms with E-state index in [0.717, 1.165) is 6.92 Å². The highest BCUT2D eigenvalue weighted by Crippen LogP contribution is 2.64. The third-order valence-corrected chi connectivity index (χ3v) is 11.8. The molecule has 2 bridgehead atoms. The third kappa shape index (κ3) is 6.88. The molecule has 1 saturated heterocycles. The molecule has 294 valence electrons. The Morgan fingerprint density at radius 1 is 0.963 bits per heavy atom. The number of carbonyl (C=O) groups excluding carboxylic acids is 6. The fourth-order valence-electron chi connectivity index (χ4n) is 9.20. The van der Waals surface area contributed by atoms with Crippen molar-refractivity contribution in [3.8, 4) is 0 Å². The van der Waals surface area contributed by atoms with E-state index in [0.29, 0.717) is 5.57 Å². The Morgan fingerprint density at radius 3 is 2.15 bits per heavy atom. The van der Waals surface area contributed by atoms with Gasteiger partial charge in [0.15, 0.2) is 23.6 Å². The lowest BCUT2D eigenvalue weighted by Gasteiger charge is -2.66. The number of allylic oxidation sites excluding steroid dienone is 1. The normalized spacial score (nSPS) is 33.5. The molecule has 1 heterocycles. The van der Waals surface area contributed by atoms with Crippen molar-refractivity contribution < 1.29 is 62.7 Å². The summed E-state index contributed by atoms with van der Waals surface area (Å²) in [6, 6.07) is 6.87. The molecule has 5 rings (SSSR count). The Bertz CT molecular complexity index is 1780. The molecule has 14 nitrogen and oxygen atoms in total. The number of nitrogens with one attached hydrogen (secondary N) is 1. The fourth-order valence-corrected chi connectivity index (χ4v) is 9.20. The molecule has 4 aliphatic rings. The van der Waals surface area contributed by atoms with Gasteiger partial charge in [-0.05, 0) is 56.9 Å². The Balaban J connectivity index is 1.76. The summed E-state index contributed by atoms with van der Waals surface area (Å²) in [6.45, 7) is 13.3. The number of aliphatic hydroxyl groups is 2. The Hall–Kier alpha value is -4.40. The number of esters is 4. The highest BCUT2D eigenvalue weighted by atomic mass is 16.6. The van der Waals surface area contributed by atoms with Crippen molar-refractivity contribution >= 4 is 35.6 Å². The molecule has 0 aromatic heterocycles. The van der Waals surface area contributed by atoms with Gasteiger partial charge in [-0.2, -0.15) is 0 Å². The molecule has 3 N–H and O–H groups in total. The van der Waals surface area contributed by atoms with Gasteiger partial charge in [-0.1, -0.05) is 50.6 Å². The SMILES string of the molecule is CC(=O)NC(C=C(C)C)C(O)C(=O)OC1CC2(O)C(OC(=O)c3ccccc3)C3C4(OC(C)=O)COC4CC[C@@]3(C)C(=O)C(OC(C)=O)C(=C1C)C2(C)C. The van der Waals surface area contributed by atoms with Crippen LogP contribution in [0.5, 0.6) is 0 Å². The zero-order chi connectivity index (χ0) is 40.1. The molecule has 54 heavy (non-hydrogen) atoms. The molecule has 1 aliphatic heterocycles. The summed E-state index contributed by atoms with van der Waals surface area (Å²) < 4.78 is 30.2. The number of ether oxygens (including phenoxy) is 5. The zero-order valence-corrected chi connectivity index (χ0v) is 32.2. The molecule has 3 aliphatic carbocycles. The molecule has 3 fully saturated rings. The maximum atomic E-state index is 15.3. The summed E-state index contributed by atoms with van der Waals surface area (Å²) in [5, 5.41) is 27.2. The van der Waals surface area contributed by atoms with Crippen LogP contribution < -0.4 is 5.32 Å². The number of hydrogen-bond donors (Lipinski definition) is 3. The predicted octanol–water partition coefficient (Wildman–Crippen LogP) is 3.06. The van der Waals surface area contributed by atoms with Crippen molar-refractivity contribution in [2.45, 2.75) is 129 Å². The predicted molar refractivity (Wildman–Crippen MR) is 190 cm³/mol. The minimum absolute atomic E-state index is 0.125. The number of Topliss-reactive ketones (excluding diaryl/α,β-unsaturated/α-hetero) is 1. The molecule has 1 aromatic carbocycles. The molecule has 1 amide bonds. The lowest BCUT2D eigenvalue weighted by atomic mass is 9.45. The van der Waals surface area contributed by atoms with Crippen molar-refractivity contribution in [2.24, 2.45) is 16.7 Å². The Labute approximate surface area is 314 Å². The van der Waals surface area contributed by atoms with E-state index < -0.39 is 107 Å². The van der Waals surface area contributed by atoms with Crippen molar-refractivity contribution in [1.29, 1.82) is 0 Å². The minimum atomic E-state index is -2.23. The first-order chi connectivity index (χ1) is 25.1. The molecule has 0 spiro atoms. The first kappa shape index (κ1) is 40.8. The van der Waals surface area contributed by atoms with Gasteiger partial charge in [0, 0.05) is 38.0 Å². The lowest BCUT2D eigenvalue weighted by molar-refractivity contribution is -0.332. The van der Waals surface area contributed by atoms with E-state index in [1.807, 2.05) is 0 Å². The molecule has 14 heteroatoms. The maximum Gasteiger partial charge on any atom is 0.338 e. The summed E-state index contributed by atoms with van der Waals surface area (Å²) in [6.07, 6.45) is -5.78. The topological polar surface area (TPSA) is 201 Å². The van der Waals surface area contributed by atoms with E-state index in [1.165, 1.54) is 32.1 Å². The van der Waals surface area contributed by atoms with Gasteiger partial charge in [0.05, 0.1) is 24.1 Å². The number of rotatable bonds is 9. The average molecular weight is 754 g/mol. The van der Waals surface area contributed by atoms with Crippen LogP contribution in [-0.4, -0.2) is 100 Å². The number of hydrogen-bond acceptors (Lipinski definition) is 13. The number of aliphatic hydroxyl groups excluding tert-OH is 1. The maximum absolute atomic E-state index is 15.3. The number of ketones is 1. The van der Waals surface area contributed by atoms with E-state index in [4.69, 9.17) is 23.7 Å². The van der Waals surface area contributed by atoms with E-state index in [1.54, 1.807) is 59.7 Å². The van der Waals surface area contributed by atoms with Gasteiger partial charge in [-0.15, -0.1) is 0 Å². The number of fused-ring (bicyclic) bond motifs is 5. The fraction of sp³-hybridized carbons (Fsp3) is 0.600. The van der Waals surface area contributed by atoms with Crippen LogP contribution in [0.25, 0.3) is 0 Å². The first-order valence-electron chi connectivity index (χ1n) is 18.1. The molecular formula is C40H51NO13. The minimum Gasteiger partial charge on any atom is -0.456 e. The Morgan fingerprint density at radius 2 is 1.61 bits per heavy atom. The van der Waals surface area contributed by atoms with E-state index >= 15 is 4.79 Å². The van der Waals surface area contributed by atoms with Crippen LogP contribution in [0.15, 0.2) is 53.1 Å². The summed E-state index contributed by atoms with van der Waals surface area (Å²) in [5.41, 5.74) is -5.65. The highest BCUT2D eigenvalue weighted by Gasteiger charge is 2.76. The van der Waals surface area contributed by atoms with Crippen LogP contribution in [0.4, 0.5) is 0 Å². The molecular weight excluding hydrogens is 702 g/mol. The second kappa shape index (κ2) is 14.7. The molecule has 0 radical (unpaired) electrons. The quantitative estimate of drug-likeness (QED) is 0.189. The Kier molecular flexibility index (Phi) is 11.1. The van der Waals surface area contributed by atoms with Gasteiger partial charge in [-0.3, -0.25) is 19.2 Å². The smallest absolute Gasteiger partial charge is 0.338 e. The highest BCUT2D eigenvalue weighted by molar-refractivity contribution is 5.95. The van der Waals surface area contributed by atoms with Crippen LogP contribution >= 0.6 is 0 Å². The van der Waals surface area contributed by atoms with Gasteiger partial charge in [0.1, 0.15) is 23.9 Å². The van der Waals surface area contributed by atoms with Gasteiger partial charge in [0.25, 0.3) is 0 Å². The second-order valence-electron chi connectivity index (χ2n) is 16.0. The summed E-state index contributed by atoms with van der Waals surface area (Å²) >= 11 is 0. The second-order valence-corrected chi connectivity index (χ2v) is 16.0. The molecule has 1 aromatic rings. The number of amides is 1. The van der Waals surface area contributed by atoms with Crippen molar-refractivity contribution in [3.05, 3.63) is 58.7 Å². The van der Waals surface area contributed by atoms with Crippen molar-refractivity contribution in [2.75, 3.05) is 6.61 Å². The largest absolute Gasteiger partial charge is 0.456 e. The monoisotopic (exact) mass is 753 g/mol.